The predicted octanol–water partition coefficient (Wildman–Crippen LogP) is 5.54. The van der Waals surface area contributed by atoms with E-state index < -0.39 is 10.0 Å². The van der Waals surface area contributed by atoms with E-state index in [0.29, 0.717) is 55.6 Å². The van der Waals surface area contributed by atoms with Crippen LogP contribution >= 0.6 is 11.6 Å². The van der Waals surface area contributed by atoms with Crippen molar-refractivity contribution in [1.29, 1.82) is 0 Å². The Morgan fingerprint density at radius 3 is 2.64 bits per heavy atom. The number of nitrogens with zero attached hydrogens (tertiary/aromatic N) is 4. The zero-order valence-corrected chi connectivity index (χ0v) is 24.3. The molecule has 0 aliphatic carbocycles. The van der Waals surface area contributed by atoms with Crippen LogP contribution in [-0.2, 0) is 27.7 Å². The summed E-state index contributed by atoms with van der Waals surface area (Å²) in [5, 5.41) is 10.0. The maximum atomic E-state index is 13.2. The van der Waals surface area contributed by atoms with Crippen molar-refractivity contribution in [2.75, 3.05) is 29.0 Å². The van der Waals surface area contributed by atoms with Gasteiger partial charge in [0.2, 0.25) is 21.9 Å². The lowest BCUT2D eigenvalue weighted by Crippen LogP contribution is -2.39. The van der Waals surface area contributed by atoms with Crippen molar-refractivity contribution in [3.05, 3.63) is 89.3 Å². The number of halogens is 1. The average Bonchev–Trinajstić information content (AvgIpc) is 3.00. The quantitative estimate of drug-likeness (QED) is 0.271. The highest BCUT2D eigenvalue weighted by molar-refractivity contribution is 7.89. The number of rotatable bonds is 5. The summed E-state index contributed by atoms with van der Waals surface area (Å²) in [6, 6.07) is 17.0. The van der Waals surface area contributed by atoms with Gasteiger partial charge in [-0.15, -0.1) is 0 Å². The summed E-state index contributed by atoms with van der Waals surface area (Å²) in [5.41, 5.74) is 4.54. The van der Waals surface area contributed by atoms with Crippen molar-refractivity contribution in [3.63, 3.8) is 0 Å². The fraction of sp³-hybridized carbons (Fsp3) is 0.267. The van der Waals surface area contributed by atoms with Gasteiger partial charge in [-0.05, 0) is 85.2 Å². The Morgan fingerprint density at radius 2 is 1.83 bits per heavy atom. The van der Waals surface area contributed by atoms with E-state index in [1.165, 1.54) is 10.5 Å². The number of benzene rings is 2. The van der Waals surface area contributed by atoms with Crippen molar-refractivity contribution in [2.45, 2.75) is 37.0 Å². The van der Waals surface area contributed by atoms with E-state index in [9.17, 15) is 13.2 Å². The zero-order valence-electron chi connectivity index (χ0n) is 22.8. The number of carbonyl (C=O) groups is 1. The summed E-state index contributed by atoms with van der Waals surface area (Å²) in [5.74, 6) is 0.922. The largest absolute Gasteiger partial charge is 0.339 e. The van der Waals surface area contributed by atoms with E-state index in [4.69, 9.17) is 11.6 Å². The number of piperidine rings is 1. The second-order valence-electron chi connectivity index (χ2n) is 10.5. The van der Waals surface area contributed by atoms with Crippen LogP contribution in [0.2, 0.25) is 5.02 Å². The first kappa shape index (κ1) is 28.1. The molecule has 6 rings (SSSR count). The SMILES string of the molecule is O=C(CC1CCN(S(=O)(=O)c2cccnc2)CC1)Nc1ccc2cc1CCc1cccc(c1)Nc1ncc(Cl)c(n1)N2. The third-order valence-corrected chi connectivity index (χ3v) is 9.73. The highest BCUT2D eigenvalue weighted by Crippen LogP contribution is 2.30. The molecule has 12 heteroatoms. The van der Waals surface area contributed by atoms with Gasteiger partial charge >= 0.3 is 0 Å². The summed E-state index contributed by atoms with van der Waals surface area (Å²) in [6.45, 7) is 0.754. The van der Waals surface area contributed by atoms with Crippen molar-refractivity contribution >= 4 is 56.4 Å². The van der Waals surface area contributed by atoms with Gasteiger partial charge in [-0.3, -0.25) is 9.78 Å². The van der Waals surface area contributed by atoms with E-state index in [2.05, 4.69) is 43.0 Å². The number of aromatic nitrogens is 3. The molecule has 216 valence electrons. The van der Waals surface area contributed by atoms with Gasteiger partial charge in [0.25, 0.3) is 0 Å². The summed E-state index contributed by atoms with van der Waals surface area (Å²) < 4.78 is 27.3. The van der Waals surface area contributed by atoms with Crippen molar-refractivity contribution in [3.8, 4) is 0 Å². The lowest BCUT2D eigenvalue weighted by molar-refractivity contribution is -0.117. The molecule has 42 heavy (non-hydrogen) atoms. The Morgan fingerprint density at radius 1 is 1.00 bits per heavy atom. The van der Waals surface area contributed by atoms with E-state index >= 15 is 0 Å². The van der Waals surface area contributed by atoms with Crippen LogP contribution in [0.15, 0.2) is 78.1 Å². The van der Waals surface area contributed by atoms with Crippen molar-refractivity contribution < 1.29 is 13.2 Å². The predicted molar refractivity (Wildman–Crippen MR) is 163 cm³/mol. The first-order valence-electron chi connectivity index (χ1n) is 13.8. The van der Waals surface area contributed by atoms with E-state index in [1.807, 2.05) is 30.3 Å². The maximum absolute atomic E-state index is 13.2. The van der Waals surface area contributed by atoms with Crippen molar-refractivity contribution in [1.82, 2.24) is 19.3 Å². The minimum Gasteiger partial charge on any atom is -0.339 e. The first-order valence-corrected chi connectivity index (χ1v) is 15.6. The highest BCUT2D eigenvalue weighted by Gasteiger charge is 2.30. The van der Waals surface area contributed by atoms with Crippen LogP contribution in [0.1, 0.15) is 30.4 Å². The molecule has 0 radical (unpaired) electrons. The number of amides is 1. The van der Waals surface area contributed by atoms with Crippen LogP contribution in [0.5, 0.6) is 0 Å². The molecular formula is C30H30ClN7O3S. The standard InChI is InChI=1S/C30H30ClN7O3S/c31-26-19-33-30-35-23-4-1-3-20(15-23)6-7-22-17-24(34-29(26)37-30)8-9-27(22)36-28(39)16-21-10-13-38(14-11-21)42(40,41)25-5-2-12-32-18-25/h1-5,8-9,12,15,17-19,21H,6-7,10-11,13-14,16H2,(H,36,39)(H2,33,34,35,37). The fourth-order valence-electron chi connectivity index (χ4n) is 5.33. The lowest BCUT2D eigenvalue weighted by atomic mass is 9.94. The molecule has 10 nitrogen and oxygen atoms in total. The summed E-state index contributed by atoms with van der Waals surface area (Å²) in [6.07, 6.45) is 7.51. The van der Waals surface area contributed by atoms with Crippen LogP contribution in [0.25, 0.3) is 0 Å². The molecule has 0 saturated carbocycles. The molecule has 2 aliphatic rings. The molecule has 2 aromatic heterocycles. The monoisotopic (exact) mass is 603 g/mol. The third kappa shape index (κ3) is 6.38. The molecule has 4 heterocycles. The van der Waals surface area contributed by atoms with E-state index in [1.54, 1.807) is 24.5 Å². The van der Waals surface area contributed by atoms with Gasteiger partial charge in [0.05, 0.1) is 6.20 Å². The Kier molecular flexibility index (Phi) is 8.05. The maximum Gasteiger partial charge on any atom is 0.244 e. The number of anilines is 5. The number of fused-ring (bicyclic) bond motifs is 6. The van der Waals surface area contributed by atoms with E-state index in [0.717, 1.165) is 34.6 Å². The van der Waals surface area contributed by atoms with Gasteiger partial charge in [-0.25, -0.2) is 13.4 Å². The number of sulfonamides is 1. The number of hydrogen-bond acceptors (Lipinski definition) is 8. The third-order valence-electron chi connectivity index (χ3n) is 7.57. The van der Waals surface area contributed by atoms with Crippen molar-refractivity contribution in [2.24, 2.45) is 5.92 Å². The molecule has 1 amide bonds. The smallest absolute Gasteiger partial charge is 0.244 e. The minimum absolute atomic E-state index is 0.0851. The molecule has 2 aromatic carbocycles. The lowest BCUT2D eigenvalue weighted by Gasteiger charge is -2.30. The second kappa shape index (κ2) is 12.0. The van der Waals surface area contributed by atoms with Gasteiger partial charge < -0.3 is 16.0 Å². The van der Waals surface area contributed by atoms with Gasteiger partial charge in [0, 0.05) is 49.0 Å². The molecule has 0 atom stereocenters. The highest BCUT2D eigenvalue weighted by atomic mass is 35.5. The number of pyridine rings is 1. The molecule has 1 fully saturated rings. The molecule has 0 unspecified atom stereocenters. The molecule has 6 bridgehead atoms. The Labute approximate surface area is 249 Å². The summed E-state index contributed by atoms with van der Waals surface area (Å²) in [7, 11) is -3.58. The van der Waals surface area contributed by atoms with Crippen LogP contribution in [0, 0.1) is 5.92 Å². The van der Waals surface area contributed by atoms with Gasteiger partial charge in [0.1, 0.15) is 9.92 Å². The van der Waals surface area contributed by atoms with Gasteiger partial charge in [-0.1, -0.05) is 23.7 Å². The Bertz CT molecular complexity index is 1710. The molecule has 2 aliphatic heterocycles. The van der Waals surface area contributed by atoms with E-state index in [-0.39, 0.29) is 16.7 Å². The Balaban J connectivity index is 1.15. The number of aryl methyl sites for hydroxylation is 2. The second-order valence-corrected chi connectivity index (χ2v) is 12.8. The van der Waals surface area contributed by atoms with Crippen LogP contribution in [-0.4, -0.2) is 46.7 Å². The number of hydrogen-bond donors (Lipinski definition) is 3. The topological polar surface area (TPSA) is 129 Å². The number of nitrogens with one attached hydrogen (secondary N) is 3. The Hall–Kier alpha value is -4.06. The van der Waals surface area contributed by atoms with Crippen LogP contribution in [0.4, 0.5) is 28.8 Å². The minimum atomic E-state index is -3.58. The van der Waals surface area contributed by atoms with Gasteiger partial charge in [0.15, 0.2) is 5.82 Å². The zero-order chi connectivity index (χ0) is 29.1. The van der Waals surface area contributed by atoms with Gasteiger partial charge in [-0.2, -0.15) is 9.29 Å². The molecular weight excluding hydrogens is 574 g/mol. The summed E-state index contributed by atoms with van der Waals surface area (Å²) >= 11 is 6.38. The normalized spacial score (nSPS) is 15.7. The average molecular weight is 604 g/mol. The first-order chi connectivity index (χ1) is 20.3. The summed E-state index contributed by atoms with van der Waals surface area (Å²) in [4.78, 5) is 26.1. The van der Waals surface area contributed by atoms with Crippen LogP contribution in [0.3, 0.4) is 0 Å². The number of carbonyl (C=O) groups excluding carboxylic acids is 1. The molecule has 0 spiro atoms. The molecule has 1 saturated heterocycles. The molecule has 3 N–H and O–H groups in total. The molecule has 4 aromatic rings. The van der Waals surface area contributed by atoms with Crippen LogP contribution < -0.4 is 16.0 Å². The fourth-order valence-corrected chi connectivity index (χ4v) is 6.90.